The minimum atomic E-state index is 0.633. The summed E-state index contributed by atoms with van der Waals surface area (Å²) in [5, 5.41) is 3.85. The van der Waals surface area contributed by atoms with Gasteiger partial charge in [-0.05, 0) is 87.3 Å². The van der Waals surface area contributed by atoms with Crippen LogP contribution in [0.3, 0.4) is 0 Å². The summed E-state index contributed by atoms with van der Waals surface area (Å²) in [4.78, 5) is 3.06. The van der Waals surface area contributed by atoms with Crippen molar-refractivity contribution in [2.45, 2.75) is 52.0 Å². The highest BCUT2D eigenvalue weighted by molar-refractivity contribution is 7.12. The van der Waals surface area contributed by atoms with Gasteiger partial charge in [0.25, 0.3) is 0 Å². The Hall–Kier alpha value is -0.340. The zero-order chi connectivity index (χ0) is 13.7. The van der Waals surface area contributed by atoms with E-state index in [-0.39, 0.29) is 0 Å². The lowest BCUT2D eigenvalue weighted by Crippen LogP contribution is -2.49. The predicted molar refractivity (Wildman–Crippen MR) is 86.0 cm³/mol. The van der Waals surface area contributed by atoms with Gasteiger partial charge in [0.05, 0.1) is 0 Å². The molecule has 0 spiro atoms. The lowest BCUT2D eigenvalue weighted by atomic mass is 9.50. The third kappa shape index (κ3) is 2.16. The molecule has 20 heavy (non-hydrogen) atoms. The SMILES string of the molecule is CCNC(c1ccc(C)s1)C1C2CC3CC(C2)CC1C3. The highest BCUT2D eigenvalue weighted by Crippen LogP contribution is 2.59. The van der Waals surface area contributed by atoms with Gasteiger partial charge in [-0.1, -0.05) is 6.92 Å². The number of aryl methyl sites for hydroxylation is 1. The Morgan fingerprint density at radius 3 is 2.25 bits per heavy atom. The summed E-state index contributed by atoms with van der Waals surface area (Å²) >= 11 is 2.02. The summed E-state index contributed by atoms with van der Waals surface area (Å²) in [5.74, 6) is 5.11. The molecule has 4 aliphatic carbocycles. The molecule has 1 atom stereocenters. The minimum Gasteiger partial charge on any atom is -0.309 e. The molecular weight excluding hydrogens is 262 g/mol. The monoisotopic (exact) mass is 289 g/mol. The van der Waals surface area contributed by atoms with Gasteiger partial charge in [-0.2, -0.15) is 0 Å². The van der Waals surface area contributed by atoms with Crippen LogP contribution < -0.4 is 5.32 Å². The highest BCUT2D eigenvalue weighted by atomic mass is 32.1. The maximum Gasteiger partial charge on any atom is 0.0448 e. The Bertz CT molecular complexity index is 450. The molecule has 4 aliphatic rings. The van der Waals surface area contributed by atoms with Crippen LogP contribution in [0.25, 0.3) is 0 Å². The molecule has 1 unspecified atom stereocenters. The predicted octanol–water partition coefficient (Wildman–Crippen LogP) is 4.78. The third-order valence-corrected chi connectivity index (χ3v) is 7.26. The molecule has 1 nitrogen and oxygen atoms in total. The average molecular weight is 289 g/mol. The minimum absolute atomic E-state index is 0.633. The van der Waals surface area contributed by atoms with Gasteiger partial charge in [0.2, 0.25) is 0 Å². The first-order valence-electron chi connectivity index (χ1n) is 8.54. The zero-order valence-corrected chi connectivity index (χ0v) is 13.6. The number of nitrogens with one attached hydrogen (secondary N) is 1. The Morgan fingerprint density at radius 2 is 1.75 bits per heavy atom. The molecule has 1 heterocycles. The van der Waals surface area contributed by atoms with E-state index in [2.05, 4.69) is 31.3 Å². The largest absolute Gasteiger partial charge is 0.309 e. The molecule has 1 N–H and O–H groups in total. The summed E-state index contributed by atoms with van der Waals surface area (Å²) in [6.45, 7) is 5.61. The molecule has 5 rings (SSSR count). The average Bonchev–Trinajstić information content (AvgIpc) is 2.83. The second-order valence-corrected chi connectivity index (χ2v) is 8.81. The van der Waals surface area contributed by atoms with Crippen LogP contribution in [0.15, 0.2) is 12.1 Å². The number of thiophene rings is 1. The summed E-state index contributed by atoms with van der Waals surface area (Å²) in [6.07, 6.45) is 7.69. The second-order valence-electron chi connectivity index (χ2n) is 7.49. The molecule has 4 fully saturated rings. The molecule has 0 radical (unpaired) electrons. The number of hydrogen-bond acceptors (Lipinski definition) is 2. The van der Waals surface area contributed by atoms with Crippen molar-refractivity contribution in [2.24, 2.45) is 29.6 Å². The van der Waals surface area contributed by atoms with Gasteiger partial charge in [0, 0.05) is 15.8 Å². The van der Waals surface area contributed by atoms with Crippen LogP contribution in [0, 0.1) is 36.5 Å². The van der Waals surface area contributed by atoms with Crippen molar-refractivity contribution in [3.8, 4) is 0 Å². The zero-order valence-electron chi connectivity index (χ0n) is 12.8. The normalized spacial score (nSPS) is 40.2. The lowest BCUT2D eigenvalue weighted by molar-refractivity contribution is -0.0518. The van der Waals surface area contributed by atoms with Crippen molar-refractivity contribution < 1.29 is 0 Å². The summed E-state index contributed by atoms with van der Waals surface area (Å²) in [5.41, 5.74) is 0. The number of hydrogen-bond donors (Lipinski definition) is 1. The van der Waals surface area contributed by atoms with E-state index in [4.69, 9.17) is 0 Å². The van der Waals surface area contributed by atoms with Crippen LogP contribution in [0.5, 0.6) is 0 Å². The first-order chi connectivity index (χ1) is 9.74. The van der Waals surface area contributed by atoms with Crippen molar-refractivity contribution in [1.29, 1.82) is 0 Å². The molecule has 2 heteroatoms. The van der Waals surface area contributed by atoms with E-state index in [1.807, 2.05) is 11.3 Å². The number of rotatable bonds is 4. The Balaban J connectivity index is 1.63. The molecule has 4 saturated carbocycles. The fourth-order valence-corrected chi connectivity index (χ4v) is 6.79. The molecule has 0 aliphatic heterocycles. The van der Waals surface area contributed by atoms with Crippen molar-refractivity contribution in [2.75, 3.05) is 6.54 Å². The maximum absolute atomic E-state index is 3.85. The molecule has 0 saturated heterocycles. The van der Waals surface area contributed by atoms with Gasteiger partial charge < -0.3 is 5.32 Å². The van der Waals surface area contributed by atoms with Gasteiger partial charge in [-0.3, -0.25) is 0 Å². The van der Waals surface area contributed by atoms with Crippen LogP contribution >= 0.6 is 11.3 Å². The molecule has 110 valence electrons. The summed E-state index contributed by atoms with van der Waals surface area (Å²) in [6, 6.07) is 5.33. The fourth-order valence-electron chi connectivity index (χ4n) is 5.78. The van der Waals surface area contributed by atoms with E-state index in [1.165, 1.54) is 30.6 Å². The van der Waals surface area contributed by atoms with E-state index in [9.17, 15) is 0 Å². The first-order valence-corrected chi connectivity index (χ1v) is 9.36. The van der Waals surface area contributed by atoms with Crippen LogP contribution in [-0.2, 0) is 0 Å². The third-order valence-electron chi connectivity index (χ3n) is 6.18. The van der Waals surface area contributed by atoms with Gasteiger partial charge in [-0.25, -0.2) is 0 Å². The molecule has 1 aromatic rings. The maximum atomic E-state index is 3.85. The standard InChI is InChI=1S/C18H27NS/c1-3-19-18(16-5-4-11(2)20-16)17-14-7-12-6-13(9-14)10-15(17)8-12/h4-5,12-15,17-19H,3,6-10H2,1-2H3. The van der Waals surface area contributed by atoms with E-state index >= 15 is 0 Å². The van der Waals surface area contributed by atoms with E-state index in [0.29, 0.717) is 6.04 Å². The van der Waals surface area contributed by atoms with Crippen LogP contribution in [-0.4, -0.2) is 6.54 Å². The lowest BCUT2D eigenvalue weighted by Gasteiger charge is -2.56. The molecular formula is C18H27NS. The van der Waals surface area contributed by atoms with Crippen molar-refractivity contribution in [3.05, 3.63) is 21.9 Å². The fraction of sp³-hybridized carbons (Fsp3) is 0.778. The van der Waals surface area contributed by atoms with E-state index < -0.39 is 0 Å². The van der Waals surface area contributed by atoms with E-state index in [0.717, 1.165) is 36.1 Å². The highest BCUT2D eigenvalue weighted by Gasteiger charge is 2.50. The Morgan fingerprint density at radius 1 is 1.10 bits per heavy atom. The van der Waals surface area contributed by atoms with Crippen molar-refractivity contribution in [1.82, 2.24) is 5.32 Å². The smallest absolute Gasteiger partial charge is 0.0448 e. The molecule has 0 amide bonds. The topological polar surface area (TPSA) is 12.0 Å². The van der Waals surface area contributed by atoms with Gasteiger partial charge in [0.15, 0.2) is 0 Å². The quantitative estimate of drug-likeness (QED) is 0.841. The Kier molecular flexibility index (Phi) is 3.42. The molecule has 4 bridgehead atoms. The molecule has 1 aromatic heterocycles. The van der Waals surface area contributed by atoms with Crippen molar-refractivity contribution >= 4 is 11.3 Å². The van der Waals surface area contributed by atoms with E-state index in [1.54, 1.807) is 11.3 Å². The summed E-state index contributed by atoms with van der Waals surface area (Å²) in [7, 11) is 0. The Labute approximate surface area is 127 Å². The van der Waals surface area contributed by atoms with Gasteiger partial charge >= 0.3 is 0 Å². The van der Waals surface area contributed by atoms with Crippen LogP contribution in [0.1, 0.15) is 54.8 Å². The van der Waals surface area contributed by atoms with Gasteiger partial charge in [0.1, 0.15) is 0 Å². The molecule has 0 aromatic carbocycles. The first kappa shape index (κ1) is 13.3. The van der Waals surface area contributed by atoms with Gasteiger partial charge in [-0.15, -0.1) is 11.3 Å². The second kappa shape index (κ2) is 5.14. The van der Waals surface area contributed by atoms with Crippen LogP contribution in [0.2, 0.25) is 0 Å². The van der Waals surface area contributed by atoms with Crippen molar-refractivity contribution in [3.63, 3.8) is 0 Å². The van der Waals surface area contributed by atoms with Crippen LogP contribution in [0.4, 0.5) is 0 Å². The summed E-state index contributed by atoms with van der Waals surface area (Å²) < 4.78 is 0.